The van der Waals surface area contributed by atoms with Crippen molar-refractivity contribution in [1.82, 2.24) is 4.90 Å². The summed E-state index contributed by atoms with van der Waals surface area (Å²) in [6.07, 6.45) is 2.52. The van der Waals surface area contributed by atoms with Gasteiger partial charge in [-0.25, -0.2) is 0 Å². The fourth-order valence-corrected chi connectivity index (χ4v) is 3.40. The highest BCUT2D eigenvalue weighted by Crippen LogP contribution is 2.48. The lowest BCUT2D eigenvalue weighted by molar-refractivity contribution is -0.138. The van der Waals surface area contributed by atoms with Crippen LogP contribution in [0, 0.1) is 16.2 Å². The molecule has 0 aromatic carbocycles. The molecule has 1 rings (SSSR count). The van der Waals surface area contributed by atoms with Gasteiger partial charge in [0.25, 0.3) is 0 Å². The Morgan fingerprint density at radius 2 is 1.50 bits per heavy atom. The van der Waals surface area contributed by atoms with E-state index in [9.17, 15) is 4.79 Å². The van der Waals surface area contributed by atoms with Crippen LogP contribution in [0.25, 0.3) is 0 Å². The van der Waals surface area contributed by atoms with Gasteiger partial charge in [-0.1, -0.05) is 48.5 Å². The van der Waals surface area contributed by atoms with Gasteiger partial charge in [0.15, 0.2) is 0 Å². The molecule has 1 saturated carbocycles. The molecule has 0 radical (unpaired) electrons. The van der Waals surface area contributed by atoms with E-state index in [0.717, 1.165) is 6.54 Å². The topological polar surface area (TPSA) is 20.3 Å². The van der Waals surface area contributed by atoms with E-state index in [2.05, 4.69) is 53.4 Å². The lowest BCUT2D eigenvalue weighted by atomic mass is 9.71. The highest BCUT2D eigenvalue weighted by Gasteiger charge is 2.46. The van der Waals surface area contributed by atoms with E-state index in [-0.39, 0.29) is 22.8 Å². The summed E-state index contributed by atoms with van der Waals surface area (Å²) in [5.74, 6) is 0.220. The maximum atomic E-state index is 12.1. The van der Waals surface area contributed by atoms with Crippen molar-refractivity contribution in [1.29, 1.82) is 0 Å². The number of rotatable bonds is 3. The first-order chi connectivity index (χ1) is 7.87. The molecule has 106 valence electrons. The molecular weight excluding hydrogens is 222 g/mol. The minimum Gasteiger partial charge on any atom is -0.338 e. The molecule has 0 atom stereocenters. The molecule has 1 aliphatic carbocycles. The maximum Gasteiger partial charge on any atom is 0.219 e. The molecule has 1 fully saturated rings. The molecule has 18 heavy (non-hydrogen) atoms. The molecular formula is C16H31NO. The molecule has 0 heterocycles. The summed E-state index contributed by atoms with van der Waals surface area (Å²) in [7, 11) is 0. The van der Waals surface area contributed by atoms with Gasteiger partial charge in [-0.05, 0) is 29.1 Å². The van der Waals surface area contributed by atoms with Gasteiger partial charge in [0.05, 0.1) is 0 Å². The molecule has 0 unspecified atom stereocenters. The average Bonchev–Trinajstić information content (AvgIpc) is 2.77. The minimum atomic E-state index is 0.106. The molecule has 0 aromatic rings. The van der Waals surface area contributed by atoms with E-state index in [1.807, 2.05) is 0 Å². The normalized spacial score (nSPS) is 18.9. The smallest absolute Gasteiger partial charge is 0.219 e. The van der Waals surface area contributed by atoms with E-state index >= 15 is 0 Å². The Hall–Kier alpha value is -0.530. The van der Waals surface area contributed by atoms with Crippen LogP contribution in [0.3, 0.4) is 0 Å². The first kappa shape index (κ1) is 15.5. The second kappa shape index (κ2) is 4.54. The highest BCUT2D eigenvalue weighted by atomic mass is 16.2. The molecule has 0 N–H and O–H groups in total. The Morgan fingerprint density at radius 1 is 1.11 bits per heavy atom. The molecule has 0 bridgehead atoms. The lowest BCUT2D eigenvalue weighted by Gasteiger charge is -2.48. The van der Waals surface area contributed by atoms with Crippen LogP contribution in [0.1, 0.15) is 68.2 Å². The minimum absolute atomic E-state index is 0.106. The van der Waals surface area contributed by atoms with Crippen LogP contribution in [-0.2, 0) is 4.79 Å². The molecule has 2 heteroatoms. The van der Waals surface area contributed by atoms with Crippen LogP contribution >= 0.6 is 0 Å². The Bertz CT molecular complexity index is 301. The van der Waals surface area contributed by atoms with Crippen molar-refractivity contribution in [3.8, 4) is 0 Å². The van der Waals surface area contributed by atoms with Gasteiger partial charge < -0.3 is 4.90 Å². The lowest BCUT2D eigenvalue weighted by Crippen LogP contribution is -2.55. The van der Waals surface area contributed by atoms with Crippen LogP contribution in [0.2, 0.25) is 0 Å². The fourth-order valence-electron chi connectivity index (χ4n) is 3.40. The molecule has 0 spiro atoms. The second-order valence-electron chi connectivity index (χ2n) is 8.59. The number of carbonyl (C=O) groups is 1. The third-order valence-corrected chi connectivity index (χ3v) is 4.01. The van der Waals surface area contributed by atoms with Gasteiger partial charge in [0.1, 0.15) is 0 Å². The summed E-state index contributed by atoms with van der Waals surface area (Å²) in [5, 5.41) is 0. The predicted octanol–water partition coefficient (Wildman–Crippen LogP) is 4.10. The number of nitrogens with zero attached hydrogens (tertiary/aromatic N) is 1. The maximum absolute atomic E-state index is 12.1. The molecule has 0 aromatic heterocycles. The number of hydrogen-bond acceptors (Lipinski definition) is 1. The molecule has 0 aliphatic heterocycles. The SMILES string of the molecule is CC(=O)N(CC1(C)CC1)C(C(C)(C)C)C(C)(C)C. The predicted molar refractivity (Wildman–Crippen MR) is 77.4 cm³/mol. The van der Waals surface area contributed by atoms with E-state index in [1.165, 1.54) is 12.8 Å². The molecule has 0 saturated heterocycles. The molecule has 1 aliphatic rings. The summed E-state index contributed by atoms with van der Waals surface area (Å²) in [4.78, 5) is 14.2. The van der Waals surface area contributed by atoms with Crippen molar-refractivity contribution < 1.29 is 4.79 Å². The van der Waals surface area contributed by atoms with Gasteiger partial charge in [-0.3, -0.25) is 4.79 Å². The number of hydrogen-bond donors (Lipinski definition) is 0. The summed E-state index contributed by atoms with van der Waals surface area (Å²) in [6, 6.07) is 0.278. The van der Waals surface area contributed by atoms with E-state index in [4.69, 9.17) is 0 Å². The molecule has 1 amide bonds. The second-order valence-corrected chi connectivity index (χ2v) is 8.59. The summed E-state index contributed by atoms with van der Waals surface area (Å²) >= 11 is 0. The Morgan fingerprint density at radius 3 is 1.72 bits per heavy atom. The van der Waals surface area contributed by atoms with E-state index < -0.39 is 0 Å². The standard InChI is InChI=1S/C16H31NO/c1-12(18)17(11-16(8)9-10-16)13(14(2,3)4)15(5,6)7/h13H,9-11H2,1-8H3. The van der Waals surface area contributed by atoms with Crippen LogP contribution in [0.4, 0.5) is 0 Å². The summed E-state index contributed by atoms with van der Waals surface area (Å²) < 4.78 is 0. The average molecular weight is 253 g/mol. The van der Waals surface area contributed by atoms with Crippen LogP contribution in [0.5, 0.6) is 0 Å². The van der Waals surface area contributed by atoms with Crippen molar-refractivity contribution >= 4 is 5.91 Å². The number of amides is 1. The first-order valence-electron chi connectivity index (χ1n) is 7.14. The first-order valence-corrected chi connectivity index (χ1v) is 7.14. The largest absolute Gasteiger partial charge is 0.338 e. The van der Waals surface area contributed by atoms with Crippen LogP contribution < -0.4 is 0 Å². The summed E-state index contributed by atoms with van der Waals surface area (Å²) in [5.41, 5.74) is 0.588. The van der Waals surface area contributed by atoms with Crippen molar-refractivity contribution in [2.75, 3.05) is 6.54 Å². The van der Waals surface area contributed by atoms with Crippen molar-refractivity contribution in [3.05, 3.63) is 0 Å². The van der Waals surface area contributed by atoms with Gasteiger partial charge in [-0.15, -0.1) is 0 Å². The van der Waals surface area contributed by atoms with Gasteiger partial charge in [0.2, 0.25) is 5.91 Å². The Labute approximate surface area is 113 Å². The van der Waals surface area contributed by atoms with Crippen LogP contribution in [-0.4, -0.2) is 23.4 Å². The third-order valence-electron chi connectivity index (χ3n) is 4.01. The summed E-state index contributed by atoms with van der Waals surface area (Å²) in [6.45, 7) is 18.4. The highest BCUT2D eigenvalue weighted by molar-refractivity contribution is 5.74. The van der Waals surface area contributed by atoms with Crippen molar-refractivity contribution in [2.45, 2.75) is 74.3 Å². The third kappa shape index (κ3) is 3.73. The zero-order chi connectivity index (χ0) is 14.4. The fraction of sp³-hybridized carbons (Fsp3) is 0.938. The van der Waals surface area contributed by atoms with Gasteiger partial charge in [0, 0.05) is 19.5 Å². The quantitative estimate of drug-likeness (QED) is 0.741. The molecule has 2 nitrogen and oxygen atoms in total. The Balaban J connectivity index is 3.02. The van der Waals surface area contributed by atoms with E-state index in [1.54, 1.807) is 6.92 Å². The van der Waals surface area contributed by atoms with Crippen molar-refractivity contribution in [2.24, 2.45) is 16.2 Å². The van der Waals surface area contributed by atoms with Gasteiger partial charge in [-0.2, -0.15) is 0 Å². The van der Waals surface area contributed by atoms with E-state index in [0.29, 0.717) is 5.41 Å². The zero-order valence-electron chi connectivity index (χ0n) is 13.6. The van der Waals surface area contributed by atoms with Crippen LogP contribution in [0.15, 0.2) is 0 Å². The van der Waals surface area contributed by atoms with Gasteiger partial charge >= 0.3 is 0 Å². The Kier molecular flexibility index (Phi) is 3.92. The number of carbonyl (C=O) groups excluding carboxylic acids is 1. The monoisotopic (exact) mass is 253 g/mol. The zero-order valence-corrected chi connectivity index (χ0v) is 13.6. The van der Waals surface area contributed by atoms with Crippen molar-refractivity contribution in [3.63, 3.8) is 0 Å².